The summed E-state index contributed by atoms with van der Waals surface area (Å²) in [5.74, 6) is 0. The monoisotopic (exact) mass is 305 g/mol. The molecule has 5 heteroatoms. The van der Waals surface area contributed by atoms with Crippen LogP contribution in [-0.4, -0.2) is 56.9 Å². The van der Waals surface area contributed by atoms with E-state index in [1.165, 1.54) is 5.56 Å². The normalized spacial score (nSPS) is 15.5. The highest BCUT2D eigenvalue weighted by molar-refractivity contribution is 5.73. The van der Waals surface area contributed by atoms with Gasteiger partial charge >= 0.3 is 6.03 Å². The van der Waals surface area contributed by atoms with Gasteiger partial charge in [-0.3, -0.25) is 4.90 Å². The van der Waals surface area contributed by atoms with Gasteiger partial charge < -0.3 is 15.4 Å². The molecule has 0 aromatic heterocycles. The van der Waals surface area contributed by atoms with Crippen LogP contribution in [0.2, 0.25) is 0 Å². The number of carbonyl (C=O) groups is 1. The summed E-state index contributed by atoms with van der Waals surface area (Å²) in [4.78, 5) is 14.0. The van der Waals surface area contributed by atoms with Gasteiger partial charge in [-0.05, 0) is 31.4 Å². The molecular formula is C17H27N3O2. The van der Waals surface area contributed by atoms with Crippen LogP contribution in [0, 0.1) is 0 Å². The number of hydrogen-bond acceptors (Lipinski definition) is 3. The lowest BCUT2D eigenvalue weighted by molar-refractivity contribution is 0.0375. The number of aryl methyl sites for hydroxylation is 1. The molecule has 5 nitrogen and oxygen atoms in total. The maximum Gasteiger partial charge on any atom is 0.314 e. The molecule has 1 heterocycles. The molecule has 0 spiro atoms. The van der Waals surface area contributed by atoms with E-state index in [4.69, 9.17) is 4.74 Å². The Labute approximate surface area is 133 Å². The molecule has 1 saturated heterocycles. The van der Waals surface area contributed by atoms with Crippen molar-refractivity contribution < 1.29 is 9.53 Å². The lowest BCUT2D eigenvalue weighted by atomic mass is 10.1. The highest BCUT2D eigenvalue weighted by Gasteiger charge is 2.09. The minimum Gasteiger partial charge on any atom is -0.379 e. The van der Waals surface area contributed by atoms with Crippen molar-refractivity contribution in [2.45, 2.75) is 19.3 Å². The van der Waals surface area contributed by atoms with E-state index in [1.54, 1.807) is 0 Å². The van der Waals surface area contributed by atoms with Gasteiger partial charge in [0, 0.05) is 26.2 Å². The van der Waals surface area contributed by atoms with E-state index in [2.05, 4.69) is 27.7 Å². The van der Waals surface area contributed by atoms with Crippen molar-refractivity contribution in [2.24, 2.45) is 0 Å². The Kier molecular flexibility index (Phi) is 7.77. The van der Waals surface area contributed by atoms with E-state index in [1.807, 2.05) is 18.2 Å². The number of hydrogen-bond donors (Lipinski definition) is 2. The quantitative estimate of drug-likeness (QED) is 0.718. The Hall–Kier alpha value is -1.59. The minimum atomic E-state index is -0.0601. The molecule has 1 aliphatic heterocycles. The Bertz CT molecular complexity index is 419. The van der Waals surface area contributed by atoms with Gasteiger partial charge in [0.05, 0.1) is 13.2 Å². The third-order valence-corrected chi connectivity index (χ3v) is 3.81. The molecule has 2 amide bonds. The number of urea groups is 1. The smallest absolute Gasteiger partial charge is 0.314 e. The molecule has 0 saturated carbocycles. The van der Waals surface area contributed by atoms with E-state index in [9.17, 15) is 4.79 Å². The van der Waals surface area contributed by atoms with Crippen LogP contribution in [0.25, 0.3) is 0 Å². The van der Waals surface area contributed by atoms with Crippen LogP contribution < -0.4 is 10.6 Å². The van der Waals surface area contributed by atoms with Gasteiger partial charge in [-0.15, -0.1) is 0 Å². The fraction of sp³-hybridized carbons (Fsp3) is 0.588. The molecule has 2 rings (SSSR count). The molecule has 0 bridgehead atoms. The number of amides is 2. The standard InChI is InChI=1S/C17H27N3O2/c21-17(18-9-4-8-16-6-2-1-3-7-16)19-10-5-11-20-12-14-22-15-13-20/h1-3,6-7H,4-5,8-15H2,(H2,18,19,21). The van der Waals surface area contributed by atoms with Crippen molar-refractivity contribution in [3.63, 3.8) is 0 Å². The van der Waals surface area contributed by atoms with Gasteiger partial charge in [-0.25, -0.2) is 4.79 Å². The number of morpholine rings is 1. The van der Waals surface area contributed by atoms with E-state index in [-0.39, 0.29) is 6.03 Å². The molecule has 22 heavy (non-hydrogen) atoms. The summed E-state index contributed by atoms with van der Waals surface area (Å²) in [6.07, 6.45) is 2.95. The molecule has 1 aliphatic rings. The van der Waals surface area contributed by atoms with Crippen LogP contribution in [0.1, 0.15) is 18.4 Å². The lowest BCUT2D eigenvalue weighted by Gasteiger charge is -2.26. The van der Waals surface area contributed by atoms with E-state index < -0.39 is 0 Å². The number of nitrogens with one attached hydrogen (secondary N) is 2. The molecular weight excluding hydrogens is 278 g/mol. The number of rotatable bonds is 8. The zero-order valence-corrected chi connectivity index (χ0v) is 13.2. The first-order valence-corrected chi connectivity index (χ1v) is 8.20. The van der Waals surface area contributed by atoms with Crippen LogP contribution in [0.5, 0.6) is 0 Å². The Balaban J connectivity index is 1.44. The van der Waals surface area contributed by atoms with E-state index in [0.717, 1.165) is 58.7 Å². The zero-order valence-electron chi connectivity index (χ0n) is 13.2. The highest BCUT2D eigenvalue weighted by Crippen LogP contribution is 2.01. The lowest BCUT2D eigenvalue weighted by Crippen LogP contribution is -2.40. The van der Waals surface area contributed by atoms with Gasteiger partial charge in [0.1, 0.15) is 0 Å². The van der Waals surface area contributed by atoms with Crippen molar-refractivity contribution in [2.75, 3.05) is 45.9 Å². The molecule has 0 radical (unpaired) electrons. The first-order valence-electron chi connectivity index (χ1n) is 8.20. The summed E-state index contributed by atoms with van der Waals surface area (Å²) in [6, 6.07) is 10.3. The molecule has 1 aromatic carbocycles. The van der Waals surface area contributed by atoms with E-state index >= 15 is 0 Å². The number of carbonyl (C=O) groups excluding carboxylic acids is 1. The maximum atomic E-state index is 11.6. The largest absolute Gasteiger partial charge is 0.379 e. The summed E-state index contributed by atoms with van der Waals surface area (Å²) in [5.41, 5.74) is 1.32. The summed E-state index contributed by atoms with van der Waals surface area (Å²) >= 11 is 0. The molecule has 1 aromatic rings. The average Bonchev–Trinajstić information content (AvgIpc) is 2.57. The van der Waals surface area contributed by atoms with Crippen LogP contribution in [-0.2, 0) is 11.2 Å². The average molecular weight is 305 g/mol. The second kappa shape index (κ2) is 10.2. The second-order valence-corrected chi connectivity index (χ2v) is 5.58. The van der Waals surface area contributed by atoms with E-state index in [0.29, 0.717) is 6.54 Å². The Morgan fingerprint density at radius 1 is 1.05 bits per heavy atom. The van der Waals surface area contributed by atoms with Gasteiger partial charge in [0.15, 0.2) is 0 Å². The second-order valence-electron chi connectivity index (χ2n) is 5.58. The van der Waals surface area contributed by atoms with Crippen molar-refractivity contribution >= 4 is 6.03 Å². The Morgan fingerprint density at radius 3 is 2.45 bits per heavy atom. The maximum absolute atomic E-state index is 11.6. The third kappa shape index (κ3) is 6.91. The molecule has 0 aliphatic carbocycles. The first kappa shape index (κ1) is 16.8. The SMILES string of the molecule is O=C(NCCCc1ccccc1)NCCCN1CCOCC1. The number of nitrogens with zero attached hydrogens (tertiary/aromatic N) is 1. The van der Waals surface area contributed by atoms with Crippen molar-refractivity contribution in [3.05, 3.63) is 35.9 Å². The van der Waals surface area contributed by atoms with Crippen molar-refractivity contribution in [1.82, 2.24) is 15.5 Å². The van der Waals surface area contributed by atoms with Gasteiger partial charge in [0.25, 0.3) is 0 Å². The Morgan fingerprint density at radius 2 is 1.73 bits per heavy atom. The van der Waals surface area contributed by atoms with Crippen LogP contribution >= 0.6 is 0 Å². The fourth-order valence-corrected chi connectivity index (χ4v) is 2.53. The highest BCUT2D eigenvalue weighted by atomic mass is 16.5. The van der Waals surface area contributed by atoms with Crippen LogP contribution in [0.4, 0.5) is 4.79 Å². The van der Waals surface area contributed by atoms with Crippen molar-refractivity contribution in [1.29, 1.82) is 0 Å². The first-order chi connectivity index (χ1) is 10.8. The topological polar surface area (TPSA) is 53.6 Å². The van der Waals surface area contributed by atoms with Crippen molar-refractivity contribution in [3.8, 4) is 0 Å². The molecule has 1 fully saturated rings. The predicted molar refractivity (Wildman–Crippen MR) is 88.0 cm³/mol. The van der Waals surface area contributed by atoms with Gasteiger partial charge in [-0.2, -0.15) is 0 Å². The summed E-state index contributed by atoms with van der Waals surface area (Å²) in [7, 11) is 0. The molecule has 122 valence electrons. The summed E-state index contributed by atoms with van der Waals surface area (Å²) in [5, 5.41) is 5.82. The summed E-state index contributed by atoms with van der Waals surface area (Å²) in [6.45, 7) is 6.13. The fourth-order valence-electron chi connectivity index (χ4n) is 2.53. The predicted octanol–water partition coefficient (Wildman–Crippen LogP) is 1.64. The number of benzene rings is 1. The minimum absolute atomic E-state index is 0.0601. The molecule has 2 N–H and O–H groups in total. The zero-order chi connectivity index (χ0) is 15.5. The van der Waals surface area contributed by atoms with Gasteiger partial charge in [-0.1, -0.05) is 30.3 Å². The van der Waals surface area contributed by atoms with Gasteiger partial charge in [0.2, 0.25) is 0 Å². The molecule has 0 atom stereocenters. The van der Waals surface area contributed by atoms with Crippen LogP contribution in [0.3, 0.4) is 0 Å². The number of ether oxygens (including phenoxy) is 1. The third-order valence-electron chi connectivity index (χ3n) is 3.81. The summed E-state index contributed by atoms with van der Waals surface area (Å²) < 4.78 is 5.31. The molecule has 0 unspecified atom stereocenters. The van der Waals surface area contributed by atoms with Crippen LogP contribution in [0.15, 0.2) is 30.3 Å².